The van der Waals surface area contributed by atoms with Crippen molar-refractivity contribution in [2.24, 2.45) is 0 Å². The van der Waals surface area contributed by atoms with Crippen molar-refractivity contribution < 1.29 is 14.2 Å². The molecule has 0 unspecified atom stereocenters. The van der Waals surface area contributed by atoms with Gasteiger partial charge in [0.05, 0.1) is 33.2 Å². The van der Waals surface area contributed by atoms with Crippen LogP contribution in [0.1, 0.15) is 12.0 Å². The van der Waals surface area contributed by atoms with E-state index in [-0.39, 0.29) is 0 Å². The van der Waals surface area contributed by atoms with Crippen LogP contribution < -0.4 is 4.74 Å². The average molecular weight is 350 g/mol. The van der Waals surface area contributed by atoms with Crippen molar-refractivity contribution in [3.05, 3.63) is 72.8 Å². The Labute approximate surface area is 153 Å². The molecule has 26 heavy (non-hydrogen) atoms. The standard InChI is InChI=1S/C21H22N2O3/c1-24-20-9-5-18(6-10-20)17-3-7-19(8-4-17)21(25-13-2-14-26-21)15-23-12-11-22-16-23/h3-12,16H,2,13-15H2,1H3. The van der Waals surface area contributed by atoms with Gasteiger partial charge in [-0.1, -0.05) is 36.4 Å². The highest BCUT2D eigenvalue weighted by molar-refractivity contribution is 5.64. The summed E-state index contributed by atoms with van der Waals surface area (Å²) >= 11 is 0. The van der Waals surface area contributed by atoms with E-state index < -0.39 is 5.79 Å². The van der Waals surface area contributed by atoms with Crippen LogP contribution in [0.4, 0.5) is 0 Å². The normalized spacial score (nSPS) is 16.3. The lowest BCUT2D eigenvalue weighted by molar-refractivity contribution is -0.283. The van der Waals surface area contributed by atoms with Gasteiger partial charge in [0.2, 0.25) is 5.79 Å². The van der Waals surface area contributed by atoms with Gasteiger partial charge >= 0.3 is 0 Å². The summed E-state index contributed by atoms with van der Waals surface area (Å²) < 4.78 is 19.4. The molecular weight excluding hydrogens is 328 g/mol. The number of benzene rings is 2. The number of ether oxygens (including phenoxy) is 3. The predicted octanol–water partition coefficient (Wildman–Crippen LogP) is 3.85. The predicted molar refractivity (Wildman–Crippen MR) is 98.9 cm³/mol. The van der Waals surface area contributed by atoms with Crippen LogP contribution in [0, 0.1) is 0 Å². The van der Waals surface area contributed by atoms with Gasteiger partial charge < -0.3 is 18.8 Å². The van der Waals surface area contributed by atoms with Crippen LogP contribution in [-0.2, 0) is 21.8 Å². The van der Waals surface area contributed by atoms with Gasteiger partial charge in [0, 0.05) is 18.0 Å². The van der Waals surface area contributed by atoms with Gasteiger partial charge in [0.25, 0.3) is 0 Å². The molecule has 2 heterocycles. The van der Waals surface area contributed by atoms with Crippen molar-refractivity contribution in [1.29, 1.82) is 0 Å². The van der Waals surface area contributed by atoms with Crippen LogP contribution >= 0.6 is 0 Å². The van der Waals surface area contributed by atoms with Gasteiger partial charge in [-0.3, -0.25) is 0 Å². The second-order valence-corrected chi connectivity index (χ2v) is 6.34. The quantitative estimate of drug-likeness (QED) is 0.701. The van der Waals surface area contributed by atoms with Crippen LogP contribution in [0.5, 0.6) is 5.75 Å². The fraction of sp³-hybridized carbons (Fsp3) is 0.286. The Hall–Kier alpha value is -2.63. The molecule has 0 radical (unpaired) electrons. The lowest BCUT2D eigenvalue weighted by Crippen LogP contribution is -2.41. The molecule has 5 nitrogen and oxygen atoms in total. The molecule has 1 aliphatic rings. The van der Waals surface area contributed by atoms with Crippen LogP contribution in [-0.4, -0.2) is 29.9 Å². The summed E-state index contributed by atoms with van der Waals surface area (Å²) in [5.74, 6) is 0.0888. The van der Waals surface area contributed by atoms with Gasteiger partial charge in [0.15, 0.2) is 0 Å². The first-order valence-electron chi connectivity index (χ1n) is 8.78. The third-order valence-corrected chi connectivity index (χ3v) is 4.66. The van der Waals surface area contributed by atoms with E-state index in [0.717, 1.165) is 28.9 Å². The first-order chi connectivity index (χ1) is 12.8. The van der Waals surface area contributed by atoms with Gasteiger partial charge in [-0.2, -0.15) is 0 Å². The summed E-state index contributed by atoms with van der Waals surface area (Å²) in [5, 5.41) is 0. The minimum Gasteiger partial charge on any atom is -0.497 e. The maximum atomic E-state index is 6.11. The molecule has 4 rings (SSSR count). The van der Waals surface area contributed by atoms with Crippen molar-refractivity contribution in [3.63, 3.8) is 0 Å². The Bertz CT molecular complexity index is 821. The molecule has 0 amide bonds. The molecule has 1 saturated heterocycles. The Morgan fingerprint density at radius 1 is 1.00 bits per heavy atom. The summed E-state index contributed by atoms with van der Waals surface area (Å²) in [6.07, 6.45) is 6.39. The first kappa shape index (κ1) is 16.8. The topological polar surface area (TPSA) is 45.5 Å². The molecule has 134 valence electrons. The number of methoxy groups -OCH3 is 1. The van der Waals surface area contributed by atoms with Crippen molar-refractivity contribution in [3.8, 4) is 16.9 Å². The monoisotopic (exact) mass is 350 g/mol. The number of rotatable bonds is 5. The summed E-state index contributed by atoms with van der Waals surface area (Å²) in [4.78, 5) is 4.12. The second-order valence-electron chi connectivity index (χ2n) is 6.34. The maximum Gasteiger partial charge on any atom is 0.213 e. The smallest absolute Gasteiger partial charge is 0.213 e. The zero-order valence-electron chi connectivity index (χ0n) is 14.8. The van der Waals surface area contributed by atoms with E-state index in [0.29, 0.717) is 19.8 Å². The number of imidazole rings is 1. The second kappa shape index (κ2) is 7.32. The molecular formula is C21H22N2O3. The van der Waals surface area contributed by atoms with Gasteiger partial charge in [0.1, 0.15) is 5.75 Å². The molecule has 1 fully saturated rings. The largest absolute Gasteiger partial charge is 0.497 e. The van der Waals surface area contributed by atoms with E-state index in [9.17, 15) is 0 Å². The van der Waals surface area contributed by atoms with E-state index in [1.54, 1.807) is 19.6 Å². The van der Waals surface area contributed by atoms with Crippen LogP contribution in [0.2, 0.25) is 0 Å². The zero-order valence-corrected chi connectivity index (χ0v) is 14.8. The zero-order chi connectivity index (χ0) is 17.8. The average Bonchev–Trinajstić information content (AvgIpc) is 3.22. The summed E-state index contributed by atoms with van der Waals surface area (Å²) in [6.45, 7) is 1.96. The molecule has 1 aliphatic heterocycles. The molecule has 0 atom stereocenters. The van der Waals surface area contributed by atoms with E-state index in [4.69, 9.17) is 14.2 Å². The van der Waals surface area contributed by atoms with Gasteiger partial charge in [-0.25, -0.2) is 4.98 Å². The lowest BCUT2D eigenvalue weighted by Gasteiger charge is -2.37. The van der Waals surface area contributed by atoms with Crippen LogP contribution in [0.3, 0.4) is 0 Å². The number of hydrogen-bond acceptors (Lipinski definition) is 4. The minimum atomic E-state index is -0.766. The molecule has 0 N–H and O–H groups in total. The van der Waals surface area contributed by atoms with E-state index in [1.807, 2.05) is 22.9 Å². The third kappa shape index (κ3) is 3.36. The van der Waals surface area contributed by atoms with Crippen molar-refractivity contribution in [2.75, 3.05) is 20.3 Å². The Balaban J connectivity index is 1.62. The molecule has 0 aliphatic carbocycles. The highest BCUT2D eigenvalue weighted by Gasteiger charge is 2.37. The molecule has 1 aromatic heterocycles. The molecule has 0 bridgehead atoms. The SMILES string of the molecule is COc1ccc(-c2ccc(C3(Cn4ccnc4)OCCCO3)cc2)cc1. The van der Waals surface area contributed by atoms with Crippen molar-refractivity contribution in [2.45, 2.75) is 18.8 Å². The number of nitrogens with zero attached hydrogens (tertiary/aromatic N) is 2. The summed E-state index contributed by atoms with van der Waals surface area (Å²) in [5.41, 5.74) is 3.31. The molecule has 0 spiro atoms. The van der Waals surface area contributed by atoms with Crippen LogP contribution in [0.25, 0.3) is 11.1 Å². The fourth-order valence-corrected chi connectivity index (χ4v) is 3.24. The lowest BCUT2D eigenvalue weighted by atomic mass is 9.99. The highest BCUT2D eigenvalue weighted by Crippen LogP contribution is 2.34. The molecule has 0 saturated carbocycles. The molecule has 2 aromatic carbocycles. The van der Waals surface area contributed by atoms with Crippen molar-refractivity contribution in [1.82, 2.24) is 9.55 Å². The van der Waals surface area contributed by atoms with E-state index in [2.05, 4.69) is 41.4 Å². The third-order valence-electron chi connectivity index (χ3n) is 4.66. The summed E-state index contributed by atoms with van der Waals surface area (Å²) in [7, 11) is 1.67. The van der Waals surface area contributed by atoms with Gasteiger partial charge in [-0.05, 0) is 29.7 Å². The Morgan fingerprint density at radius 3 is 2.23 bits per heavy atom. The van der Waals surface area contributed by atoms with Gasteiger partial charge in [-0.15, -0.1) is 0 Å². The first-order valence-corrected chi connectivity index (χ1v) is 8.78. The molecule has 5 heteroatoms. The fourth-order valence-electron chi connectivity index (χ4n) is 3.24. The summed E-state index contributed by atoms with van der Waals surface area (Å²) in [6, 6.07) is 16.4. The maximum absolute atomic E-state index is 6.11. The van der Waals surface area contributed by atoms with Crippen LogP contribution in [0.15, 0.2) is 67.3 Å². The highest BCUT2D eigenvalue weighted by atomic mass is 16.7. The Kier molecular flexibility index (Phi) is 4.73. The Morgan fingerprint density at radius 2 is 1.65 bits per heavy atom. The van der Waals surface area contributed by atoms with E-state index in [1.165, 1.54) is 0 Å². The van der Waals surface area contributed by atoms with E-state index >= 15 is 0 Å². The number of hydrogen-bond donors (Lipinski definition) is 0. The van der Waals surface area contributed by atoms with Crippen molar-refractivity contribution >= 4 is 0 Å². The molecule has 3 aromatic rings. The number of aromatic nitrogens is 2. The minimum absolute atomic E-state index is 0.578.